The molecule has 2 heterocycles. The topological polar surface area (TPSA) is 76.5 Å². The number of nitrogens with two attached hydrogens (primary N) is 1. The summed E-state index contributed by atoms with van der Waals surface area (Å²) in [6, 6.07) is 3.08. The molecule has 1 fully saturated rings. The first-order valence-electron chi connectivity index (χ1n) is 5.88. The average Bonchev–Trinajstić information content (AvgIpc) is 2.84. The van der Waals surface area contributed by atoms with Gasteiger partial charge in [0, 0.05) is 13.1 Å². The Morgan fingerprint density at radius 3 is 3.00 bits per heavy atom. The molecule has 0 radical (unpaired) electrons. The third-order valence-corrected chi connectivity index (χ3v) is 4.90. The molecule has 1 aromatic heterocycles. The molecule has 1 aliphatic heterocycles. The van der Waals surface area contributed by atoms with Crippen molar-refractivity contribution in [2.24, 2.45) is 11.7 Å². The summed E-state index contributed by atoms with van der Waals surface area (Å²) in [6.45, 7) is 1.74. The van der Waals surface area contributed by atoms with Crippen molar-refractivity contribution in [2.45, 2.75) is 24.4 Å². The number of sulfonamides is 1. The predicted molar refractivity (Wildman–Crippen MR) is 63.9 cm³/mol. The molecule has 1 aromatic rings. The zero-order valence-corrected chi connectivity index (χ0v) is 10.5. The van der Waals surface area contributed by atoms with Crippen molar-refractivity contribution in [1.82, 2.24) is 4.31 Å². The molecular weight excluding hydrogens is 240 g/mol. The fraction of sp³-hybridized carbons (Fsp3) is 0.636. The van der Waals surface area contributed by atoms with Crippen LogP contribution in [-0.4, -0.2) is 32.4 Å². The molecule has 5 nitrogen and oxygen atoms in total. The van der Waals surface area contributed by atoms with Crippen LogP contribution in [0.1, 0.15) is 19.3 Å². The number of nitrogens with zero attached hydrogens (tertiary/aromatic N) is 1. The number of furan rings is 1. The van der Waals surface area contributed by atoms with Gasteiger partial charge in [-0.25, -0.2) is 8.42 Å². The van der Waals surface area contributed by atoms with Crippen molar-refractivity contribution < 1.29 is 12.8 Å². The van der Waals surface area contributed by atoms with Crippen molar-refractivity contribution in [3.05, 3.63) is 18.4 Å². The Balaban J connectivity index is 2.12. The molecule has 0 aliphatic carbocycles. The zero-order chi connectivity index (χ0) is 12.3. The summed E-state index contributed by atoms with van der Waals surface area (Å²) in [5.41, 5.74) is 5.52. The van der Waals surface area contributed by atoms with Crippen LogP contribution in [-0.2, 0) is 10.0 Å². The molecule has 1 saturated heterocycles. The van der Waals surface area contributed by atoms with Gasteiger partial charge in [-0.1, -0.05) is 0 Å². The summed E-state index contributed by atoms with van der Waals surface area (Å²) >= 11 is 0. The van der Waals surface area contributed by atoms with E-state index in [4.69, 9.17) is 10.2 Å². The quantitative estimate of drug-likeness (QED) is 0.875. The molecule has 2 rings (SSSR count). The van der Waals surface area contributed by atoms with Crippen LogP contribution >= 0.6 is 0 Å². The molecular formula is C11H18N2O3S. The lowest BCUT2D eigenvalue weighted by atomic mass is 9.96. The van der Waals surface area contributed by atoms with Crippen LogP contribution in [0.5, 0.6) is 0 Å². The normalized spacial score (nSPS) is 22.8. The third-order valence-electron chi connectivity index (χ3n) is 3.15. The Hall–Kier alpha value is -0.850. The van der Waals surface area contributed by atoms with Gasteiger partial charge in [-0.05, 0) is 43.9 Å². The SMILES string of the molecule is NCCC1CCCN(S(=O)(=O)c2ccco2)C1. The van der Waals surface area contributed by atoms with E-state index < -0.39 is 10.0 Å². The van der Waals surface area contributed by atoms with Crippen molar-refractivity contribution >= 4 is 10.0 Å². The smallest absolute Gasteiger partial charge is 0.276 e. The molecule has 0 amide bonds. The number of hydrogen-bond acceptors (Lipinski definition) is 4. The second-order valence-electron chi connectivity index (χ2n) is 4.38. The lowest BCUT2D eigenvalue weighted by molar-refractivity contribution is 0.253. The zero-order valence-electron chi connectivity index (χ0n) is 9.71. The number of piperidine rings is 1. The molecule has 0 spiro atoms. The standard InChI is InChI=1S/C11H18N2O3S/c12-6-5-10-3-1-7-13(9-10)17(14,15)11-4-2-8-16-11/h2,4,8,10H,1,3,5-7,9,12H2. The first kappa shape index (κ1) is 12.6. The van der Waals surface area contributed by atoms with E-state index in [0.29, 0.717) is 25.6 Å². The maximum atomic E-state index is 12.2. The van der Waals surface area contributed by atoms with Gasteiger partial charge in [0.15, 0.2) is 0 Å². The van der Waals surface area contributed by atoms with E-state index in [1.807, 2.05) is 0 Å². The summed E-state index contributed by atoms with van der Waals surface area (Å²) in [7, 11) is -3.44. The molecule has 0 saturated carbocycles. The highest BCUT2D eigenvalue weighted by atomic mass is 32.2. The van der Waals surface area contributed by atoms with E-state index in [1.54, 1.807) is 6.07 Å². The monoisotopic (exact) mass is 258 g/mol. The summed E-state index contributed by atoms with van der Waals surface area (Å²) in [4.78, 5) is 0. The van der Waals surface area contributed by atoms with E-state index in [0.717, 1.165) is 19.3 Å². The maximum Gasteiger partial charge on any atom is 0.276 e. The van der Waals surface area contributed by atoms with Crippen LogP contribution in [0.2, 0.25) is 0 Å². The molecule has 17 heavy (non-hydrogen) atoms. The first-order valence-corrected chi connectivity index (χ1v) is 7.32. The second-order valence-corrected chi connectivity index (χ2v) is 6.25. The van der Waals surface area contributed by atoms with Crippen LogP contribution in [0.4, 0.5) is 0 Å². The van der Waals surface area contributed by atoms with Gasteiger partial charge in [-0.15, -0.1) is 0 Å². The second kappa shape index (κ2) is 5.20. The van der Waals surface area contributed by atoms with Crippen LogP contribution in [0.15, 0.2) is 27.9 Å². The van der Waals surface area contributed by atoms with Crippen LogP contribution in [0.3, 0.4) is 0 Å². The van der Waals surface area contributed by atoms with Gasteiger partial charge < -0.3 is 10.2 Å². The highest BCUT2D eigenvalue weighted by Gasteiger charge is 2.31. The Labute approximate surface area is 102 Å². The van der Waals surface area contributed by atoms with Gasteiger partial charge >= 0.3 is 0 Å². The summed E-state index contributed by atoms with van der Waals surface area (Å²) in [6.07, 6.45) is 4.21. The molecule has 6 heteroatoms. The summed E-state index contributed by atoms with van der Waals surface area (Å²) < 4.78 is 30.9. The first-order chi connectivity index (χ1) is 8.14. The van der Waals surface area contributed by atoms with E-state index in [1.165, 1.54) is 16.6 Å². The highest BCUT2D eigenvalue weighted by molar-refractivity contribution is 7.89. The van der Waals surface area contributed by atoms with E-state index in [-0.39, 0.29) is 5.09 Å². The van der Waals surface area contributed by atoms with Crippen molar-refractivity contribution in [3.63, 3.8) is 0 Å². The lowest BCUT2D eigenvalue weighted by Gasteiger charge is -2.30. The Morgan fingerprint density at radius 1 is 1.53 bits per heavy atom. The molecule has 1 unspecified atom stereocenters. The van der Waals surface area contributed by atoms with Crippen molar-refractivity contribution in [3.8, 4) is 0 Å². The van der Waals surface area contributed by atoms with Gasteiger partial charge in [0.05, 0.1) is 6.26 Å². The molecule has 0 aromatic carbocycles. The number of hydrogen-bond donors (Lipinski definition) is 1. The van der Waals surface area contributed by atoms with Crippen molar-refractivity contribution in [1.29, 1.82) is 0 Å². The minimum absolute atomic E-state index is 0.0332. The van der Waals surface area contributed by atoms with E-state index >= 15 is 0 Å². The Morgan fingerprint density at radius 2 is 2.35 bits per heavy atom. The minimum Gasteiger partial charge on any atom is -0.452 e. The fourth-order valence-electron chi connectivity index (χ4n) is 2.25. The Bertz CT molecular complexity index is 439. The van der Waals surface area contributed by atoms with Crippen LogP contribution < -0.4 is 5.73 Å². The summed E-state index contributed by atoms with van der Waals surface area (Å²) in [5, 5.41) is 0.0332. The highest BCUT2D eigenvalue weighted by Crippen LogP contribution is 2.25. The van der Waals surface area contributed by atoms with E-state index in [9.17, 15) is 8.42 Å². The van der Waals surface area contributed by atoms with Crippen LogP contribution in [0.25, 0.3) is 0 Å². The minimum atomic E-state index is -3.44. The molecule has 1 aliphatic rings. The van der Waals surface area contributed by atoms with Gasteiger partial charge in [0.1, 0.15) is 0 Å². The molecule has 0 bridgehead atoms. The van der Waals surface area contributed by atoms with Gasteiger partial charge in [-0.3, -0.25) is 0 Å². The molecule has 2 N–H and O–H groups in total. The molecule has 96 valence electrons. The van der Waals surface area contributed by atoms with Gasteiger partial charge in [0.25, 0.3) is 10.0 Å². The van der Waals surface area contributed by atoms with Crippen molar-refractivity contribution in [2.75, 3.05) is 19.6 Å². The number of rotatable bonds is 4. The summed E-state index contributed by atoms with van der Waals surface area (Å²) in [5.74, 6) is 0.374. The van der Waals surface area contributed by atoms with Gasteiger partial charge in [0.2, 0.25) is 5.09 Å². The van der Waals surface area contributed by atoms with Crippen LogP contribution in [0, 0.1) is 5.92 Å². The lowest BCUT2D eigenvalue weighted by Crippen LogP contribution is -2.40. The molecule has 1 atom stereocenters. The van der Waals surface area contributed by atoms with Gasteiger partial charge in [-0.2, -0.15) is 4.31 Å². The average molecular weight is 258 g/mol. The van der Waals surface area contributed by atoms with E-state index in [2.05, 4.69) is 0 Å². The fourth-order valence-corrected chi connectivity index (χ4v) is 3.71. The Kier molecular flexibility index (Phi) is 3.86. The maximum absolute atomic E-state index is 12.2. The predicted octanol–water partition coefficient (Wildman–Crippen LogP) is 1.03. The third kappa shape index (κ3) is 2.70. The largest absolute Gasteiger partial charge is 0.452 e.